The van der Waals surface area contributed by atoms with E-state index in [9.17, 15) is 4.79 Å². The van der Waals surface area contributed by atoms with Crippen LogP contribution in [0.4, 0.5) is 4.79 Å². The summed E-state index contributed by atoms with van der Waals surface area (Å²) < 4.78 is 11.0. The van der Waals surface area contributed by atoms with E-state index in [4.69, 9.17) is 9.47 Å². The van der Waals surface area contributed by atoms with E-state index in [-0.39, 0.29) is 6.03 Å². The average Bonchev–Trinajstić information content (AvgIpc) is 2.59. The van der Waals surface area contributed by atoms with Crippen molar-refractivity contribution in [3.63, 3.8) is 0 Å². The van der Waals surface area contributed by atoms with Crippen molar-refractivity contribution in [3.8, 4) is 11.5 Å². The molecule has 2 amide bonds. The minimum atomic E-state index is -0.121. The third-order valence-electron chi connectivity index (χ3n) is 3.99. The fourth-order valence-corrected chi connectivity index (χ4v) is 2.72. The molecule has 118 valence electrons. The van der Waals surface area contributed by atoms with Gasteiger partial charge in [-0.15, -0.1) is 0 Å². The molecule has 3 rings (SSSR count). The van der Waals surface area contributed by atoms with Crippen molar-refractivity contribution < 1.29 is 14.3 Å². The lowest BCUT2D eigenvalue weighted by Crippen LogP contribution is -2.38. The van der Waals surface area contributed by atoms with Crippen LogP contribution in [-0.2, 0) is 6.54 Å². The molecule has 0 saturated heterocycles. The monoisotopic (exact) mass is 302 g/mol. The quantitative estimate of drug-likeness (QED) is 0.841. The summed E-state index contributed by atoms with van der Waals surface area (Å²) in [4.78, 5) is 11.9. The van der Waals surface area contributed by atoms with Crippen LogP contribution in [0, 0.1) is 5.92 Å². The molecule has 5 nitrogen and oxygen atoms in total. The van der Waals surface area contributed by atoms with Gasteiger partial charge in [-0.05, 0) is 42.9 Å². The fraction of sp³-hybridized carbons (Fsp3) is 0.471. The third-order valence-corrected chi connectivity index (χ3v) is 3.99. The first-order chi connectivity index (χ1) is 10.8. The molecule has 0 aromatic heterocycles. The Balaban J connectivity index is 1.43. The Morgan fingerprint density at radius 2 is 2.00 bits per heavy atom. The molecule has 1 aromatic rings. The van der Waals surface area contributed by atoms with E-state index < -0.39 is 0 Å². The number of allylic oxidation sites excluding steroid dienone is 2. The summed E-state index contributed by atoms with van der Waals surface area (Å²) >= 11 is 0. The van der Waals surface area contributed by atoms with Gasteiger partial charge in [0.15, 0.2) is 11.5 Å². The number of carbonyl (C=O) groups is 1. The van der Waals surface area contributed by atoms with Crippen LogP contribution in [0.3, 0.4) is 0 Å². The molecular weight excluding hydrogens is 280 g/mol. The number of urea groups is 1. The second-order valence-electron chi connectivity index (χ2n) is 5.69. The number of amides is 2. The van der Waals surface area contributed by atoms with Gasteiger partial charge in [0.25, 0.3) is 0 Å². The molecule has 1 aliphatic carbocycles. The van der Waals surface area contributed by atoms with Crippen molar-refractivity contribution in [1.82, 2.24) is 10.6 Å². The average molecular weight is 302 g/mol. The van der Waals surface area contributed by atoms with Crippen LogP contribution in [0.5, 0.6) is 11.5 Å². The van der Waals surface area contributed by atoms with Crippen molar-refractivity contribution in [2.24, 2.45) is 5.92 Å². The van der Waals surface area contributed by atoms with Crippen LogP contribution in [-0.4, -0.2) is 25.8 Å². The van der Waals surface area contributed by atoms with E-state index in [1.807, 2.05) is 18.2 Å². The first kappa shape index (κ1) is 14.8. The topological polar surface area (TPSA) is 59.6 Å². The highest BCUT2D eigenvalue weighted by Gasteiger charge is 2.13. The summed E-state index contributed by atoms with van der Waals surface area (Å²) in [5.74, 6) is 2.08. The first-order valence-electron chi connectivity index (χ1n) is 7.86. The zero-order valence-corrected chi connectivity index (χ0v) is 12.6. The molecular formula is C17H22N2O3. The normalized spacial score (nSPS) is 19.5. The number of nitrogens with one attached hydrogen (secondary N) is 2. The summed E-state index contributed by atoms with van der Waals surface area (Å²) in [6, 6.07) is 5.63. The lowest BCUT2D eigenvalue weighted by atomic mass is 9.94. The maximum Gasteiger partial charge on any atom is 0.315 e. The molecule has 1 aromatic carbocycles. The van der Waals surface area contributed by atoms with Gasteiger partial charge in [0.05, 0.1) is 0 Å². The SMILES string of the molecule is O=C(NCc1ccc2c(c1)OCCO2)NCC1CC=CCC1. The standard InChI is InChI=1S/C17H22N2O3/c20-17(18-11-13-4-2-1-3-5-13)19-12-14-6-7-15-16(10-14)22-9-8-21-15/h1-2,6-7,10,13H,3-5,8-9,11-12H2,(H2,18,19,20). The second-order valence-corrected chi connectivity index (χ2v) is 5.69. The number of benzene rings is 1. The van der Waals surface area contributed by atoms with Crippen molar-refractivity contribution in [1.29, 1.82) is 0 Å². The van der Waals surface area contributed by atoms with Gasteiger partial charge in [-0.2, -0.15) is 0 Å². The molecule has 2 N–H and O–H groups in total. The van der Waals surface area contributed by atoms with Crippen LogP contribution < -0.4 is 20.1 Å². The number of carbonyl (C=O) groups excluding carboxylic acids is 1. The molecule has 1 atom stereocenters. The predicted octanol–water partition coefficient (Wildman–Crippen LogP) is 2.61. The van der Waals surface area contributed by atoms with Gasteiger partial charge in [-0.3, -0.25) is 0 Å². The van der Waals surface area contributed by atoms with Crippen LogP contribution in [0.1, 0.15) is 24.8 Å². The van der Waals surface area contributed by atoms with E-state index in [1.54, 1.807) is 0 Å². The molecule has 5 heteroatoms. The number of hydrogen-bond donors (Lipinski definition) is 2. The van der Waals surface area contributed by atoms with E-state index in [0.717, 1.165) is 42.9 Å². The minimum absolute atomic E-state index is 0.121. The largest absolute Gasteiger partial charge is 0.486 e. The van der Waals surface area contributed by atoms with E-state index in [1.165, 1.54) is 0 Å². The maximum absolute atomic E-state index is 11.9. The highest BCUT2D eigenvalue weighted by Crippen LogP contribution is 2.30. The zero-order chi connectivity index (χ0) is 15.2. The van der Waals surface area contributed by atoms with Gasteiger partial charge >= 0.3 is 6.03 Å². The number of rotatable bonds is 4. The third kappa shape index (κ3) is 3.93. The van der Waals surface area contributed by atoms with Gasteiger partial charge < -0.3 is 20.1 Å². The van der Waals surface area contributed by atoms with Crippen molar-refractivity contribution in [3.05, 3.63) is 35.9 Å². The fourth-order valence-electron chi connectivity index (χ4n) is 2.72. The van der Waals surface area contributed by atoms with Gasteiger partial charge in [-0.25, -0.2) is 4.79 Å². The summed E-state index contributed by atoms with van der Waals surface area (Å²) in [5.41, 5.74) is 1.000. The Morgan fingerprint density at radius 3 is 2.82 bits per heavy atom. The first-order valence-corrected chi connectivity index (χ1v) is 7.86. The molecule has 0 bridgehead atoms. The van der Waals surface area contributed by atoms with Crippen LogP contribution in [0.2, 0.25) is 0 Å². The van der Waals surface area contributed by atoms with E-state index in [0.29, 0.717) is 25.7 Å². The lowest BCUT2D eigenvalue weighted by molar-refractivity contribution is 0.171. The Labute approximate surface area is 130 Å². The molecule has 0 fully saturated rings. The molecule has 0 spiro atoms. The van der Waals surface area contributed by atoms with Crippen LogP contribution in [0.25, 0.3) is 0 Å². The van der Waals surface area contributed by atoms with E-state index in [2.05, 4.69) is 22.8 Å². The Hall–Kier alpha value is -2.17. The minimum Gasteiger partial charge on any atom is -0.486 e. The van der Waals surface area contributed by atoms with Gasteiger partial charge in [-0.1, -0.05) is 18.2 Å². The molecule has 2 aliphatic rings. The Bertz CT molecular complexity index is 557. The summed E-state index contributed by atoms with van der Waals surface area (Å²) in [5, 5.41) is 5.83. The lowest BCUT2D eigenvalue weighted by Gasteiger charge is -2.19. The van der Waals surface area contributed by atoms with Gasteiger partial charge in [0.1, 0.15) is 13.2 Å². The van der Waals surface area contributed by atoms with E-state index >= 15 is 0 Å². The predicted molar refractivity (Wildman–Crippen MR) is 84.2 cm³/mol. The smallest absolute Gasteiger partial charge is 0.315 e. The highest BCUT2D eigenvalue weighted by atomic mass is 16.6. The van der Waals surface area contributed by atoms with Crippen molar-refractivity contribution in [2.75, 3.05) is 19.8 Å². The molecule has 0 radical (unpaired) electrons. The van der Waals surface area contributed by atoms with Crippen molar-refractivity contribution in [2.45, 2.75) is 25.8 Å². The van der Waals surface area contributed by atoms with Gasteiger partial charge in [0, 0.05) is 13.1 Å². The highest BCUT2D eigenvalue weighted by molar-refractivity contribution is 5.73. The number of ether oxygens (including phenoxy) is 2. The Kier molecular flexibility index (Phi) is 4.83. The number of fused-ring (bicyclic) bond motifs is 1. The molecule has 1 heterocycles. The van der Waals surface area contributed by atoms with Crippen molar-refractivity contribution >= 4 is 6.03 Å². The molecule has 1 unspecified atom stereocenters. The van der Waals surface area contributed by atoms with Gasteiger partial charge in [0.2, 0.25) is 0 Å². The summed E-state index contributed by atoms with van der Waals surface area (Å²) in [6.45, 7) is 2.37. The molecule has 1 aliphatic heterocycles. The Morgan fingerprint density at radius 1 is 1.14 bits per heavy atom. The summed E-state index contributed by atoms with van der Waals surface area (Å²) in [6.07, 6.45) is 7.73. The summed E-state index contributed by atoms with van der Waals surface area (Å²) in [7, 11) is 0. The maximum atomic E-state index is 11.9. The number of hydrogen-bond acceptors (Lipinski definition) is 3. The van der Waals surface area contributed by atoms with Crippen LogP contribution in [0.15, 0.2) is 30.4 Å². The molecule has 22 heavy (non-hydrogen) atoms. The second kappa shape index (κ2) is 7.20. The molecule has 0 saturated carbocycles. The zero-order valence-electron chi connectivity index (χ0n) is 12.6. The van der Waals surface area contributed by atoms with Crippen LogP contribution >= 0.6 is 0 Å².